The molecule has 0 radical (unpaired) electrons. The number of nitrogens with zero attached hydrogens (tertiary/aromatic N) is 1. The standard InChI is InChI=1S/C22H17IN2O2/c1-2-15-3-9-19(10-4-15)25-22(26)17(14-24)13-20-11-12-21(27-20)16-5-7-18(23)8-6-16/h3-13H,2H2,1H3,(H,25,26)/b17-13+. The highest BCUT2D eigenvalue weighted by Gasteiger charge is 2.11. The van der Waals surface area contributed by atoms with Gasteiger partial charge in [0.25, 0.3) is 5.91 Å². The summed E-state index contributed by atoms with van der Waals surface area (Å²) in [5.41, 5.74) is 2.76. The van der Waals surface area contributed by atoms with E-state index in [0.717, 1.165) is 15.6 Å². The summed E-state index contributed by atoms with van der Waals surface area (Å²) in [6.45, 7) is 2.07. The second-order valence-electron chi connectivity index (χ2n) is 5.88. The van der Waals surface area contributed by atoms with Crippen LogP contribution >= 0.6 is 22.6 Å². The van der Waals surface area contributed by atoms with E-state index in [9.17, 15) is 10.1 Å². The number of nitrogens with one attached hydrogen (secondary N) is 1. The summed E-state index contributed by atoms with van der Waals surface area (Å²) >= 11 is 2.24. The maximum atomic E-state index is 12.4. The predicted molar refractivity (Wildman–Crippen MR) is 115 cm³/mol. The lowest BCUT2D eigenvalue weighted by atomic mass is 10.1. The predicted octanol–water partition coefficient (Wildman–Crippen LogP) is 5.66. The van der Waals surface area contributed by atoms with Crippen LogP contribution in [-0.4, -0.2) is 5.91 Å². The molecule has 1 N–H and O–H groups in total. The van der Waals surface area contributed by atoms with Crippen molar-refractivity contribution in [3.05, 3.63) is 81.1 Å². The number of anilines is 1. The lowest BCUT2D eigenvalue weighted by molar-refractivity contribution is -0.112. The summed E-state index contributed by atoms with van der Waals surface area (Å²) in [4.78, 5) is 12.4. The second kappa shape index (κ2) is 8.69. The molecule has 4 nitrogen and oxygen atoms in total. The molecule has 3 rings (SSSR count). The first kappa shape index (κ1) is 18.9. The Kier molecular flexibility index (Phi) is 6.09. The molecular formula is C22H17IN2O2. The third-order valence-corrected chi connectivity index (χ3v) is 4.75. The summed E-state index contributed by atoms with van der Waals surface area (Å²) < 4.78 is 6.90. The Bertz CT molecular complexity index is 1010. The first-order valence-corrected chi connectivity index (χ1v) is 9.55. The Morgan fingerprint density at radius 3 is 2.44 bits per heavy atom. The van der Waals surface area contributed by atoms with Gasteiger partial charge in [-0.3, -0.25) is 4.79 Å². The fourth-order valence-electron chi connectivity index (χ4n) is 2.51. The Morgan fingerprint density at radius 2 is 1.81 bits per heavy atom. The van der Waals surface area contributed by atoms with Gasteiger partial charge in [-0.1, -0.05) is 31.2 Å². The van der Waals surface area contributed by atoms with Crippen LogP contribution in [0.5, 0.6) is 0 Å². The zero-order valence-electron chi connectivity index (χ0n) is 14.7. The molecule has 0 aliphatic carbocycles. The smallest absolute Gasteiger partial charge is 0.266 e. The maximum absolute atomic E-state index is 12.4. The molecule has 0 bridgehead atoms. The second-order valence-corrected chi connectivity index (χ2v) is 7.13. The lowest BCUT2D eigenvalue weighted by Crippen LogP contribution is -2.13. The molecule has 3 aromatic rings. The number of amides is 1. The first-order valence-electron chi connectivity index (χ1n) is 8.47. The Balaban J connectivity index is 1.76. The van der Waals surface area contributed by atoms with Crippen LogP contribution in [0.1, 0.15) is 18.2 Å². The van der Waals surface area contributed by atoms with Crippen LogP contribution in [0.25, 0.3) is 17.4 Å². The van der Waals surface area contributed by atoms with Crippen molar-refractivity contribution in [2.75, 3.05) is 5.32 Å². The van der Waals surface area contributed by atoms with Gasteiger partial charge < -0.3 is 9.73 Å². The van der Waals surface area contributed by atoms with Crippen molar-refractivity contribution in [3.63, 3.8) is 0 Å². The molecule has 0 saturated heterocycles. The van der Waals surface area contributed by atoms with E-state index >= 15 is 0 Å². The van der Waals surface area contributed by atoms with Crippen LogP contribution in [0.2, 0.25) is 0 Å². The molecule has 0 aliphatic heterocycles. The first-order chi connectivity index (χ1) is 13.1. The van der Waals surface area contributed by atoms with Crippen LogP contribution < -0.4 is 5.32 Å². The number of aryl methyl sites for hydroxylation is 1. The van der Waals surface area contributed by atoms with Gasteiger partial charge in [0.1, 0.15) is 23.2 Å². The van der Waals surface area contributed by atoms with Crippen molar-refractivity contribution in [2.24, 2.45) is 0 Å². The Hall–Kier alpha value is -2.85. The van der Waals surface area contributed by atoms with E-state index in [1.54, 1.807) is 6.07 Å². The number of halogens is 1. The van der Waals surface area contributed by atoms with E-state index < -0.39 is 5.91 Å². The number of hydrogen-bond donors (Lipinski definition) is 1. The number of carbonyl (C=O) groups excluding carboxylic acids is 1. The average molecular weight is 468 g/mol. The van der Waals surface area contributed by atoms with Gasteiger partial charge in [0.15, 0.2) is 0 Å². The third kappa shape index (κ3) is 4.86. The van der Waals surface area contributed by atoms with E-state index in [0.29, 0.717) is 17.2 Å². The highest BCUT2D eigenvalue weighted by Crippen LogP contribution is 2.24. The molecule has 27 heavy (non-hydrogen) atoms. The molecule has 0 atom stereocenters. The van der Waals surface area contributed by atoms with E-state index in [-0.39, 0.29) is 5.57 Å². The largest absolute Gasteiger partial charge is 0.457 e. The van der Waals surface area contributed by atoms with Gasteiger partial charge in [-0.25, -0.2) is 0 Å². The molecule has 2 aromatic carbocycles. The van der Waals surface area contributed by atoms with Gasteiger partial charge in [0, 0.05) is 20.9 Å². The molecule has 1 amide bonds. The van der Waals surface area contributed by atoms with Crippen LogP contribution in [0.4, 0.5) is 5.69 Å². The average Bonchev–Trinajstić information content (AvgIpc) is 3.16. The fourth-order valence-corrected chi connectivity index (χ4v) is 2.87. The molecule has 1 aromatic heterocycles. The van der Waals surface area contributed by atoms with Crippen LogP contribution in [0.15, 0.2) is 70.7 Å². The minimum Gasteiger partial charge on any atom is -0.457 e. The van der Waals surface area contributed by atoms with Gasteiger partial charge in [-0.05, 0) is 71.0 Å². The quantitative estimate of drug-likeness (QED) is 0.299. The molecule has 1 heterocycles. The van der Waals surface area contributed by atoms with Gasteiger partial charge in [0.05, 0.1) is 0 Å². The number of furan rings is 1. The molecule has 0 spiro atoms. The SMILES string of the molecule is CCc1ccc(NC(=O)/C(C#N)=C/c2ccc(-c3ccc(I)cc3)o2)cc1. The van der Waals surface area contributed by atoms with Crippen molar-refractivity contribution in [1.29, 1.82) is 5.26 Å². The van der Waals surface area contributed by atoms with Crippen molar-refractivity contribution in [3.8, 4) is 17.4 Å². The lowest BCUT2D eigenvalue weighted by Gasteiger charge is -2.05. The minimum atomic E-state index is -0.464. The highest BCUT2D eigenvalue weighted by atomic mass is 127. The molecule has 0 fully saturated rings. The van der Waals surface area contributed by atoms with Gasteiger partial charge in [-0.2, -0.15) is 5.26 Å². The summed E-state index contributed by atoms with van der Waals surface area (Å²) in [6, 6.07) is 21.0. The Morgan fingerprint density at radius 1 is 1.11 bits per heavy atom. The van der Waals surface area contributed by atoms with Gasteiger partial charge in [-0.15, -0.1) is 0 Å². The minimum absolute atomic E-state index is 0.0157. The van der Waals surface area contributed by atoms with Crippen LogP contribution in [0, 0.1) is 14.9 Å². The molecular weight excluding hydrogens is 451 g/mol. The van der Waals surface area contributed by atoms with Crippen LogP contribution in [0.3, 0.4) is 0 Å². The number of nitriles is 1. The zero-order valence-corrected chi connectivity index (χ0v) is 16.9. The van der Waals surface area contributed by atoms with E-state index in [2.05, 4.69) is 34.8 Å². The van der Waals surface area contributed by atoms with Crippen molar-refractivity contribution < 1.29 is 9.21 Å². The van der Waals surface area contributed by atoms with Crippen molar-refractivity contribution >= 4 is 40.3 Å². The topological polar surface area (TPSA) is 66.0 Å². The Labute approximate surface area is 171 Å². The van der Waals surface area contributed by atoms with E-state index in [1.807, 2.05) is 60.7 Å². The van der Waals surface area contributed by atoms with Gasteiger partial charge >= 0.3 is 0 Å². The zero-order chi connectivity index (χ0) is 19.2. The highest BCUT2D eigenvalue weighted by molar-refractivity contribution is 14.1. The molecule has 0 aliphatic rings. The summed E-state index contributed by atoms with van der Waals surface area (Å²) in [5, 5.41) is 12.1. The number of carbonyl (C=O) groups is 1. The third-order valence-electron chi connectivity index (χ3n) is 4.03. The number of hydrogen-bond acceptors (Lipinski definition) is 3. The molecule has 0 saturated carbocycles. The summed E-state index contributed by atoms with van der Waals surface area (Å²) in [6.07, 6.45) is 2.38. The van der Waals surface area contributed by atoms with Crippen molar-refractivity contribution in [1.82, 2.24) is 0 Å². The monoisotopic (exact) mass is 468 g/mol. The molecule has 5 heteroatoms. The molecule has 134 valence electrons. The van der Waals surface area contributed by atoms with E-state index in [4.69, 9.17) is 4.42 Å². The fraction of sp³-hybridized carbons (Fsp3) is 0.0909. The van der Waals surface area contributed by atoms with Crippen molar-refractivity contribution in [2.45, 2.75) is 13.3 Å². The van der Waals surface area contributed by atoms with Crippen LogP contribution in [-0.2, 0) is 11.2 Å². The van der Waals surface area contributed by atoms with E-state index in [1.165, 1.54) is 11.6 Å². The summed E-state index contributed by atoms with van der Waals surface area (Å²) in [5.74, 6) is 0.677. The number of rotatable bonds is 5. The molecule has 0 unspecified atom stereocenters. The normalized spacial score (nSPS) is 11.1. The summed E-state index contributed by atoms with van der Waals surface area (Å²) in [7, 11) is 0. The van der Waals surface area contributed by atoms with Gasteiger partial charge in [0.2, 0.25) is 0 Å². The number of benzene rings is 2. The maximum Gasteiger partial charge on any atom is 0.266 e.